The number of ether oxygens (including phenoxy) is 3. The van der Waals surface area contributed by atoms with E-state index in [1.807, 2.05) is 36.4 Å². The predicted octanol–water partition coefficient (Wildman–Crippen LogP) is 4.44. The molecule has 0 bridgehead atoms. The summed E-state index contributed by atoms with van der Waals surface area (Å²) in [5.41, 5.74) is 1.97. The number of methoxy groups -OCH3 is 2. The summed E-state index contributed by atoms with van der Waals surface area (Å²) < 4.78 is 16.7. The first-order valence-electron chi connectivity index (χ1n) is 9.17. The summed E-state index contributed by atoms with van der Waals surface area (Å²) >= 11 is 0. The Morgan fingerprint density at radius 3 is 2.43 bits per heavy atom. The maximum absolute atomic E-state index is 6.09. The molecule has 1 fully saturated rings. The monoisotopic (exact) mass is 497 g/mol. The molecule has 28 heavy (non-hydrogen) atoms. The number of anilines is 1. The van der Waals surface area contributed by atoms with Gasteiger partial charge in [-0.1, -0.05) is 18.2 Å². The van der Waals surface area contributed by atoms with Gasteiger partial charge in [0.25, 0.3) is 0 Å². The molecule has 2 N–H and O–H groups in total. The molecule has 2 aromatic carbocycles. The van der Waals surface area contributed by atoms with E-state index < -0.39 is 0 Å². The number of hydrogen-bond acceptors (Lipinski definition) is 4. The quantitative estimate of drug-likeness (QED) is 0.337. The summed E-state index contributed by atoms with van der Waals surface area (Å²) in [5.74, 6) is 2.96. The Morgan fingerprint density at radius 1 is 1.04 bits per heavy atom. The molecule has 6 nitrogen and oxygen atoms in total. The van der Waals surface area contributed by atoms with Crippen LogP contribution in [0, 0.1) is 0 Å². The van der Waals surface area contributed by atoms with Crippen LogP contribution in [0.4, 0.5) is 5.69 Å². The van der Waals surface area contributed by atoms with Gasteiger partial charge in [0.15, 0.2) is 17.5 Å². The van der Waals surface area contributed by atoms with Crippen LogP contribution >= 0.6 is 24.0 Å². The number of guanidine groups is 1. The molecular weight excluding hydrogens is 469 g/mol. The van der Waals surface area contributed by atoms with Crippen LogP contribution in [0.15, 0.2) is 47.5 Å². The van der Waals surface area contributed by atoms with Gasteiger partial charge in [0.05, 0.1) is 20.3 Å². The van der Waals surface area contributed by atoms with Gasteiger partial charge >= 0.3 is 0 Å². The van der Waals surface area contributed by atoms with Gasteiger partial charge in [0.2, 0.25) is 0 Å². The van der Waals surface area contributed by atoms with Crippen molar-refractivity contribution >= 4 is 35.6 Å². The lowest BCUT2D eigenvalue weighted by atomic mass is 9.96. The summed E-state index contributed by atoms with van der Waals surface area (Å²) in [7, 11) is 4.98. The van der Waals surface area contributed by atoms with Gasteiger partial charge in [-0.15, -0.1) is 24.0 Å². The molecule has 0 heterocycles. The third kappa shape index (κ3) is 5.67. The zero-order valence-corrected chi connectivity index (χ0v) is 18.9. The van der Waals surface area contributed by atoms with Crippen molar-refractivity contribution < 1.29 is 14.2 Å². The van der Waals surface area contributed by atoms with Crippen LogP contribution in [-0.4, -0.2) is 33.3 Å². The molecule has 1 saturated carbocycles. The molecule has 0 atom stereocenters. The summed E-state index contributed by atoms with van der Waals surface area (Å²) in [6.07, 6.45) is 3.90. The Balaban J connectivity index is 0.00000280. The van der Waals surface area contributed by atoms with E-state index in [0.29, 0.717) is 30.1 Å². The Kier molecular flexibility index (Phi) is 8.69. The number of hydrogen-bond donors (Lipinski definition) is 2. The van der Waals surface area contributed by atoms with Crippen molar-refractivity contribution in [1.29, 1.82) is 0 Å². The molecule has 0 aliphatic heterocycles. The highest BCUT2D eigenvalue weighted by Crippen LogP contribution is 2.30. The van der Waals surface area contributed by atoms with Crippen LogP contribution < -0.4 is 24.8 Å². The first-order valence-corrected chi connectivity index (χ1v) is 9.17. The lowest BCUT2D eigenvalue weighted by Gasteiger charge is -2.27. The van der Waals surface area contributed by atoms with Gasteiger partial charge in [0.1, 0.15) is 5.75 Å². The number of halogens is 1. The molecule has 1 aliphatic rings. The van der Waals surface area contributed by atoms with Gasteiger partial charge in [-0.3, -0.25) is 4.99 Å². The van der Waals surface area contributed by atoms with E-state index in [4.69, 9.17) is 14.2 Å². The van der Waals surface area contributed by atoms with Crippen molar-refractivity contribution in [1.82, 2.24) is 5.32 Å². The smallest absolute Gasteiger partial charge is 0.195 e. The molecule has 152 valence electrons. The Hall–Kier alpha value is -2.16. The Labute approximate surface area is 183 Å². The average Bonchev–Trinajstić information content (AvgIpc) is 2.68. The van der Waals surface area contributed by atoms with Gasteiger partial charge < -0.3 is 24.8 Å². The van der Waals surface area contributed by atoms with E-state index in [2.05, 4.69) is 21.7 Å². The lowest BCUT2D eigenvalue weighted by Crippen LogP contribution is -2.31. The fourth-order valence-corrected chi connectivity index (χ4v) is 2.84. The Morgan fingerprint density at radius 2 is 1.79 bits per heavy atom. The molecule has 0 unspecified atom stereocenters. The van der Waals surface area contributed by atoms with Crippen molar-refractivity contribution in [2.45, 2.75) is 31.9 Å². The fraction of sp³-hybridized carbons (Fsp3) is 0.381. The van der Waals surface area contributed by atoms with E-state index in [0.717, 1.165) is 29.8 Å². The minimum absolute atomic E-state index is 0. The second-order valence-electron chi connectivity index (χ2n) is 6.40. The maximum Gasteiger partial charge on any atom is 0.195 e. The molecule has 2 aromatic rings. The van der Waals surface area contributed by atoms with Crippen LogP contribution in [0.3, 0.4) is 0 Å². The summed E-state index contributed by atoms with van der Waals surface area (Å²) in [6.45, 7) is 0.621. The third-order valence-electron chi connectivity index (χ3n) is 4.63. The second-order valence-corrected chi connectivity index (χ2v) is 6.40. The van der Waals surface area contributed by atoms with Gasteiger partial charge in [-0.2, -0.15) is 0 Å². The van der Waals surface area contributed by atoms with Crippen molar-refractivity contribution in [3.8, 4) is 17.2 Å². The standard InChI is InChI=1S/C21H27N3O3.HI/c1-22-21(24-16-11-12-19(25-2)20(13-16)26-3)23-14-15-7-4-5-10-18(15)27-17-8-6-9-17;/h4-5,7,10-13,17H,6,8-9,14H2,1-3H3,(H2,22,23,24);1H. The van der Waals surface area contributed by atoms with Crippen LogP contribution in [0.1, 0.15) is 24.8 Å². The number of aliphatic imine (C=N–C) groups is 1. The van der Waals surface area contributed by atoms with Crippen LogP contribution in [-0.2, 0) is 6.54 Å². The fourth-order valence-electron chi connectivity index (χ4n) is 2.84. The number of rotatable bonds is 7. The second kappa shape index (κ2) is 11.0. The highest BCUT2D eigenvalue weighted by atomic mass is 127. The largest absolute Gasteiger partial charge is 0.493 e. The predicted molar refractivity (Wildman–Crippen MR) is 123 cm³/mol. The minimum Gasteiger partial charge on any atom is -0.493 e. The molecule has 3 rings (SSSR count). The van der Waals surface area contributed by atoms with E-state index >= 15 is 0 Å². The molecule has 0 aromatic heterocycles. The molecule has 7 heteroatoms. The van der Waals surface area contributed by atoms with Gasteiger partial charge in [-0.25, -0.2) is 0 Å². The van der Waals surface area contributed by atoms with E-state index in [9.17, 15) is 0 Å². The third-order valence-corrected chi connectivity index (χ3v) is 4.63. The molecule has 0 amide bonds. The van der Waals surface area contributed by atoms with Crippen molar-refractivity contribution in [3.63, 3.8) is 0 Å². The van der Waals surface area contributed by atoms with E-state index in [-0.39, 0.29) is 24.0 Å². The van der Waals surface area contributed by atoms with Crippen LogP contribution in [0.25, 0.3) is 0 Å². The van der Waals surface area contributed by atoms with Gasteiger partial charge in [-0.05, 0) is 37.5 Å². The number of nitrogens with one attached hydrogen (secondary N) is 2. The topological polar surface area (TPSA) is 64.1 Å². The summed E-state index contributed by atoms with van der Waals surface area (Å²) in [4.78, 5) is 4.30. The highest BCUT2D eigenvalue weighted by Gasteiger charge is 2.20. The van der Waals surface area contributed by atoms with Crippen molar-refractivity contribution in [2.24, 2.45) is 4.99 Å². The van der Waals surface area contributed by atoms with Gasteiger partial charge in [0, 0.05) is 30.9 Å². The average molecular weight is 497 g/mol. The summed E-state index contributed by atoms with van der Waals surface area (Å²) in [6, 6.07) is 13.8. The van der Waals surface area contributed by atoms with E-state index in [1.54, 1.807) is 21.3 Å². The Bertz CT molecular complexity index is 794. The number of benzene rings is 2. The highest BCUT2D eigenvalue weighted by molar-refractivity contribution is 14.0. The zero-order valence-electron chi connectivity index (χ0n) is 16.5. The summed E-state index contributed by atoms with van der Waals surface area (Å²) in [5, 5.41) is 6.61. The first-order chi connectivity index (χ1) is 13.2. The minimum atomic E-state index is 0. The van der Waals surface area contributed by atoms with Crippen molar-refractivity contribution in [2.75, 3.05) is 26.6 Å². The number of nitrogens with zero attached hydrogens (tertiary/aromatic N) is 1. The molecule has 1 aliphatic carbocycles. The van der Waals surface area contributed by atoms with Crippen molar-refractivity contribution in [3.05, 3.63) is 48.0 Å². The molecule has 0 spiro atoms. The SMILES string of the molecule is CN=C(NCc1ccccc1OC1CCC1)Nc1ccc(OC)c(OC)c1.I. The molecule has 0 saturated heterocycles. The first kappa shape index (κ1) is 22.1. The van der Waals surface area contributed by atoms with Crippen LogP contribution in [0.2, 0.25) is 0 Å². The lowest BCUT2D eigenvalue weighted by molar-refractivity contribution is 0.119. The zero-order chi connectivity index (χ0) is 19.1. The molecule has 0 radical (unpaired) electrons. The maximum atomic E-state index is 6.09. The molecular formula is C21H28IN3O3. The normalized spacial score (nSPS) is 13.8. The number of para-hydroxylation sites is 1. The van der Waals surface area contributed by atoms with E-state index in [1.165, 1.54) is 6.42 Å². The van der Waals surface area contributed by atoms with Crippen LogP contribution in [0.5, 0.6) is 17.2 Å².